The molecule has 0 radical (unpaired) electrons. The predicted octanol–water partition coefficient (Wildman–Crippen LogP) is 2.44. The van der Waals surface area contributed by atoms with Crippen LogP contribution in [0.5, 0.6) is 0 Å². The van der Waals surface area contributed by atoms with Gasteiger partial charge in [-0.2, -0.15) is 5.11 Å². The first-order valence-electron chi connectivity index (χ1n) is 14.9. The van der Waals surface area contributed by atoms with E-state index in [0.717, 1.165) is 6.42 Å². The topological polar surface area (TPSA) is 122 Å². The molecule has 0 aromatic heterocycles. The van der Waals surface area contributed by atoms with E-state index in [4.69, 9.17) is 0 Å². The second kappa shape index (κ2) is 12.8. The lowest BCUT2D eigenvalue weighted by Gasteiger charge is -2.37. The lowest BCUT2D eigenvalue weighted by Crippen LogP contribution is -2.59. The Morgan fingerprint density at radius 3 is 2.37 bits per heavy atom. The molecule has 0 spiro atoms. The normalized spacial score (nSPS) is 25.4. The minimum Gasteiger partial charge on any atom is -0.342 e. The van der Waals surface area contributed by atoms with Crippen LogP contribution in [0.4, 0.5) is 4.79 Å². The van der Waals surface area contributed by atoms with E-state index in [2.05, 4.69) is 38.4 Å². The third kappa shape index (κ3) is 7.17. The van der Waals surface area contributed by atoms with E-state index in [9.17, 15) is 14.4 Å². The molecule has 226 valence electrons. The maximum Gasteiger partial charge on any atom is 0.317 e. The van der Waals surface area contributed by atoms with Crippen molar-refractivity contribution in [3.63, 3.8) is 0 Å². The highest BCUT2D eigenvalue weighted by molar-refractivity contribution is 5.90. The summed E-state index contributed by atoms with van der Waals surface area (Å²) >= 11 is 0. The van der Waals surface area contributed by atoms with Gasteiger partial charge in [0, 0.05) is 31.6 Å². The molecule has 0 bridgehead atoms. The van der Waals surface area contributed by atoms with Crippen molar-refractivity contribution in [3.8, 4) is 0 Å². The summed E-state index contributed by atoms with van der Waals surface area (Å²) in [5.74, 6) is -0.298. The molecule has 1 aromatic rings. The molecule has 6 atom stereocenters. The Labute approximate surface area is 244 Å². The van der Waals surface area contributed by atoms with Crippen molar-refractivity contribution in [2.24, 2.45) is 21.7 Å². The molecule has 1 aromatic carbocycles. The molecule has 4 amide bonds. The van der Waals surface area contributed by atoms with E-state index < -0.39 is 17.5 Å². The quantitative estimate of drug-likeness (QED) is 0.423. The summed E-state index contributed by atoms with van der Waals surface area (Å²) in [5, 5.41) is 20.0. The molecular formula is C30H48N8O3. The van der Waals surface area contributed by atoms with Gasteiger partial charge < -0.3 is 25.8 Å². The number of urea groups is 1. The van der Waals surface area contributed by atoms with Crippen LogP contribution in [0.1, 0.15) is 53.5 Å². The maximum atomic E-state index is 14.2. The summed E-state index contributed by atoms with van der Waals surface area (Å²) in [7, 11) is 1.73. The van der Waals surface area contributed by atoms with E-state index in [1.54, 1.807) is 14.0 Å². The van der Waals surface area contributed by atoms with E-state index in [-0.39, 0.29) is 47.9 Å². The summed E-state index contributed by atoms with van der Waals surface area (Å²) in [6.45, 7) is 14.0. The van der Waals surface area contributed by atoms with Gasteiger partial charge in [-0.15, -0.1) is 0 Å². The van der Waals surface area contributed by atoms with Crippen molar-refractivity contribution < 1.29 is 14.4 Å². The Kier molecular flexibility index (Phi) is 9.56. The highest BCUT2D eigenvalue weighted by Crippen LogP contribution is 2.38. The second-order valence-corrected chi connectivity index (χ2v) is 13.1. The molecule has 1 unspecified atom stereocenters. The van der Waals surface area contributed by atoms with Gasteiger partial charge in [-0.1, -0.05) is 56.3 Å². The van der Waals surface area contributed by atoms with Gasteiger partial charge in [0.2, 0.25) is 11.8 Å². The summed E-state index contributed by atoms with van der Waals surface area (Å²) in [6.07, 6.45) is 1.53. The van der Waals surface area contributed by atoms with Gasteiger partial charge in [-0.3, -0.25) is 14.6 Å². The Balaban J connectivity index is 1.52. The fourth-order valence-corrected chi connectivity index (χ4v) is 6.24. The predicted molar refractivity (Wildman–Crippen MR) is 158 cm³/mol. The van der Waals surface area contributed by atoms with E-state index >= 15 is 0 Å². The summed E-state index contributed by atoms with van der Waals surface area (Å²) in [4.78, 5) is 44.1. The maximum absolute atomic E-state index is 14.2. The highest BCUT2D eigenvalue weighted by Gasteiger charge is 2.54. The summed E-state index contributed by atoms with van der Waals surface area (Å²) in [5.41, 5.74) is 0.737. The van der Waals surface area contributed by atoms with Crippen molar-refractivity contribution in [3.05, 3.63) is 35.9 Å². The van der Waals surface area contributed by atoms with Crippen molar-refractivity contribution in [1.82, 2.24) is 30.8 Å². The summed E-state index contributed by atoms with van der Waals surface area (Å²) in [6, 6.07) is 8.93. The minimum atomic E-state index is -0.689. The number of hydrogen-bond acceptors (Lipinski definition) is 7. The van der Waals surface area contributed by atoms with Crippen LogP contribution >= 0.6 is 0 Å². The lowest BCUT2D eigenvalue weighted by atomic mass is 9.85. The van der Waals surface area contributed by atoms with Crippen LogP contribution in [-0.4, -0.2) is 102 Å². The fourth-order valence-electron chi connectivity index (χ4n) is 6.24. The number of likely N-dealkylation sites (tertiary alicyclic amines) is 2. The van der Waals surface area contributed by atoms with Crippen LogP contribution in [0.2, 0.25) is 0 Å². The highest BCUT2D eigenvalue weighted by atomic mass is 16.2. The Morgan fingerprint density at radius 2 is 1.73 bits per heavy atom. The molecule has 0 aliphatic carbocycles. The first-order valence-corrected chi connectivity index (χ1v) is 14.9. The number of nitrogens with one attached hydrogen (secondary N) is 3. The van der Waals surface area contributed by atoms with Gasteiger partial charge in [-0.25, -0.2) is 4.79 Å². The number of hydrogen-bond donors (Lipinski definition) is 3. The molecule has 4 rings (SSSR count). The van der Waals surface area contributed by atoms with Gasteiger partial charge in [-0.05, 0) is 51.6 Å². The van der Waals surface area contributed by atoms with Crippen molar-refractivity contribution in [1.29, 1.82) is 0 Å². The van der Waals surface area contributed by atoms with E-state index in [0.29, 0.717) is 32.6 Å². The largest absolute Gasteiger partial charge is 0.342 e. The summed E-state index contributed by atoms with van der Waals surface area (Å²) < 4.78 is 0. The molecule has 3 aliphatic heterocycles. The van der Waals surface area contributed by atoms with Gasteiger partial charge in [0.1, 0.15) is 6.04 Å². The molecule has 11 heteroatoms. The van der Waals surface area contributed by atoms with Crippen LogP contribution < -0.4 is 16.0 Å². The average molecular weight is 569 g/mol. The molecule has 3 aliphatic rings. The van der Waals surface area contributed by atoms with E-state index in [1.807, 2.05) is 67.6 Å². The Morgan fingerprint density at radius 1 is 1.02 bits per heavy atom. The molecule has 3 heterocycles. The van der Waals surface area contributed by atoms with Gasteiger partial charge in [0.25, 0.3) is 0 Å². The standard InChI is InChI=1S/C30H48N8O3/c1-19(2)32-29(41)38-17-22(16-36-18-23(34-35-36)15-21-11-9-8-10-12-21)25-24(38)13-14-37(25)28(40)26(30(4,5)6)33-27(39)20(3)31-7/h8-12,19-20,22-26,31H,13-18H2,1-7H3,(H,32,41)(H,33,39)/t20-,22-,23?,24+,25+,26+/m0/s1. The van der Waals surface area contributed by atoms with Gasteiger partial charge in [0.15, 0.2) is 0 Å². The molecule has 3 N–H and O–H groups in total. The zero-order valence-electron chi connectivity index (χ0n) is 25.6. The molecule has 0 saturated carbocycles. The van der Waals surface area contributed by atoms with Crippen LogP contribution in [-0.2, 0) is 16.0 Å². The molecule has 2 fully saturated rings. The Hall–Kier alpha value is -3.21. The SMILES string of the molecule is CN[C@@H](C)C(=O)N[C@H](C(=O)N1CC[C@@H]2[C@H]1[C@@H](CN1CC(Cc3ccccc3)N=N1)CN2C(=O)NC(C)C)C(C)(C)C. The number of rotatable bonds is 9. The number of amides is 4. The van der Waals surface area contributed by atoms with Crippen LogP contribution in [0.25, 0.3) is 0 Å². The number of nitrogens with zero attached hydrogens (tertiary/aromatic N) is 5. The van der Waals surface area contributed by atoms with Crippen LogP contribution in [0, 0.1) is 11.3 Å². The average Bonchev–Trinajstić information content (AvgIpc) is 3.63. The van der Waals surface area contributed by atoms with Gasteiger partial charge in [0.05, 0.1) is 30.7 Å². The Bertz CT molecular complexity index is 1100. The van der Waals surface area contributed by atoms with Crippen molar-refractivity contribution in [2.75, 3.05) is 33.2 Å². The lowest BCUT2D eigenvalue weighted by molar-refractivity contribution is -0.141. The van der Waals surface area contributed by atoms with Gasteiger partial charge >= 0.3 is 6.03 Å². The number of fused-ring (bicyclic) bond motifs is 1. The van der Waals surface area contributed by atoms with Crippen LogP contribution in [0.3, 0.4) is 0 Å². The monoisotopic (exact) mass is 568 g/mol. The zero-order valence-corrected chi connectivity index (χ0v) is 25.6. The smallest absolute Gasteiger partial charge is 0.317 e. The van der Waals surface area contributed by atoms with E-state index in [1.165, 1.54) is 5.56 Å². The van der Waals surface area contributed by atoms with Crippen LogP contribution in [0.15, 0.2) is 40.7 Å². The first-order chi connectivity index (χ1) is 19.4. The fraction of sp³-hybridized carbons (Fsp3) is 0.700. The second-order valence-electron chi connectivity index (χ2n) is 13.1. The zero-order chi connectivity index (χ0) is 29.9. The van der Waals surface area contributed by atoms with Crippen molar-refractivity contribution in [2.45, 2.75) is 90.6 Å². The number of carbonyl (C=O) groups is 3. The molecule has 41 heavy (non-hydrogen) atoms. The molecular weight excluding hydrogens is 520 g/mol. The number of benzene rings is 1. The molecule has 2 saturated heterocycles. The first kappa shape index (κ1) is 30.7. The third-order valence-corrected chi connectivity index (χ3v) is 8.44. The third-order valence-electron chi connectivity index (χ3n) is 8.44. The number of likely N-dealkylation sites (N-methyl/N-ethyl adjacent to an activating group) is 1. The molecule has 11 nitrogen and oxygen atoms in total. The minimum absolute atomic E-state index is 0.00587. The van der Waals surface area contributed by atoms with Crippen molar-refractivity contribution >= 4 is 17.8 Å². The number of carbonyl (C=O) groups excluding carboxylic acids is 3.